The summed E-state index contributed by atoms with van der Waals surface area (Å²) in [5, 5.41) is 3.30. The second-order valence-electron chi connectivity index (χ2n) is 7.81. The van der Waals surface area contributed by atoms with Crippen LogP contribution >= 0.6 is 0 Å². The van der Waals surface area contributed by atoms with Crippen molar-refractivity contribution in [1.82, 2.24) is 10.2 Å². The molecule has 1 aromatic carbocycles. The van der Waals surface area contributed by atoms with Crippen LogP contribution in [0.5, 0.6) is 0 Å². The summed E-state index contributed by atoms with van der Waals surface area (Å²) in [4.78, 5) is 14.9. The molecule has 0 aromatic heterocycles. The van der Waals surface area contributed by atoms with Gasteiger partial charge < -0.3 is 10.2 Å². The van der Waals surface area contributed by atoms with Gasteiger partial charge in [0, 0.05) is 19.1 Å². The lowest BCUT2D eigenvalue weighted by atomic mass is 9.96. The van der Waals surface area contributed by atoms with Crippen molar-refractivity contribution in [3.8, 4) is 0 Å². The smallest absolute Gasteiger partial charge is 0.317 e. The quantitative estimate of drug-likeness (QED) is 0.464. The Balaban J connectivity index is 1.79. The van der Waals surface area contributed by atoms with Crippen LogP contribution in [0.3, 0.4) is 0 Å². The molecule has 2 rings (SSSR count). The van der Waals surface area contributed by atoms with Crippen molar-refractivity contribution in [2.75, 3.05) is 6.54 Å². The molecule has 0 heterocycles. The van der Waals surface area contributed by atoms with Gasteiger partial charge in [0.15, 0.2) is 0 Å². The third kappa shape index (κ3) is 8.25. The second-order valence-corrected chi connectivity index (χ2v) is 7.81. The fraction of sp³-hybridized carbons (Fsp3) is 0.696. The number of carbonyl (C=O) groups is 1. The van der Waals surface area contributed by atoms with Gasteiger partial charge in [-0.15, -0.1) is 0 Å². The van der Waals surface area contributed by atoms with Gasteiger partial charge in [-0.3, -0.25) is 0 Å². The van der Waals surface area contributed by atoms with E-state index in [1.807, 2.05) is 11.0 Å². The first-order chi connectivity index (χ1) is 12.8. The highest BCUT2D eigenvalue weighted by Crippen LogP contribution is 2.18. The lowest BCUT2D eigenvalue weighted by Gasteiger charge is -2.28. The number of benzene rings is 1. The lowest BCUT2D eigenvalue weighted by Crippen LogP contribution is -2.45. The van der Waals surface area contributed by atoms with E-state index in [9.17, 15) is 4.79 Å². The van der Waals surface area contributed by atoms with Crippen molar-refractivity contribution in [2.24, 2.45) is 0 Å². The maximum atomic E-state index is 12.8. The van der Waals surface area contributed by atoms with Gasteiger partial charge in [-0.25, -0.2) is 4.79 Å². The van der Waals surface area contributed by atoms with E-state index in [0.717, 1.165) is 32.4 Å². The first-order valence-corrected chi connectivity index (χ1v) is 10.9. The number of hydrogen-bond donors (Lipinski definition) is 1. The predicted octanol–water partition coefficient (Wildman–Crippen LogP) is 6.28. The summed E-state index contributed by atoms with van der Waals surface area (Å²) in [6, 6.07) is 10.9. The van der Waals surface area contributed by atoms with E-state index >= 15 is 0 Å². The number of rotatable bonds is 11. The predicted molar refractivity (Wildman–Crippen MR) is 110 cm³/mol. The third-order valence-corrected chi connectivity index (χ3v) is 5.47. The van der Waals surface area contributed by atoms with Gasteiger partial charge in [0.25, 0.3) is 0 Å². The molecule has 0 unspecified atom stereocenters. The summed E-state index contributed by atoms with van der Waals surface area (Å²) in [5.41, 5.74) is 1.22. The Kier molecular flexibility index (Phi) is 10.2. The zero-order chi connectivity index (χ0) is 18.5. The Morgan fingerprint density at radius 3 is 2.31 bits per heavy atom. The number of carbonyl (C=O) groups excluding carboxylic acids is 1. The minimum atomic E-state index is 0.131. The van der Waals surface area contributed by atoms with Crippen LogP contribution in [-0.4, -0.2) is 23.5 Å². The molecule has 1 aliphatic carbocycles. The SMILES string of the molecule is CCCCCCCCCN(Cc1ccccc1)C(=O)NC1CCCCC1. The molecule has 0 aliphatic heterocycles. The maximum Gasteiger partial charge on any atom is 0.317 e. The average Bonchev–Trinajstić information content (AvgIpc) is 2.68. The average molecular weight is 359 g/mol. The number of hydrogen-bond acceptors (Lipinski definition) is 1. The van der Waals surface area contributed by atoms with Gasteiger partial charge in [-0.05, 0) is 24.8 Å². The van der Waals surface area contributed by atoms with E-state index in [1.165, 1.54) is 63.4 Å². The van der Waals surface area contributed by atoms with Crippen LogP contribution in [0.25, 0.3) is 0 Å². The van der Waals surface area contributed by atoms with Gasteiger partial charge >= 0.3 is 6.03 Å². The molecule has 1 aromatic rings. The van der Waals surface area contributed by atoms with Crippen molar-refractivity contribution in [3.63, 3.8) is 0 Å². The molecule has 1 saturated carbocycles. The van der Waals surface area contributed by atoms with Crippen LogP contribution in [-0.2, 0) is 6.54 Å². The Morgan fingerprint density at radius 2 is 1.62 bits per heavy atom. The fourth-order valence-corrected chi connectivity index (χ4v) is 3.83. The van der Waals surface area contributed by atoms with Crippen LogP contribution in [0.2, 0.25) is 0 Å². The Morgan fingerprint density at radius 1 is 0.962 bits per heavy atom. The number of amides is 2. The Labute approximate surface area is 160 Å². The van der Waals surface area contributed by atoms with E-state index in [4.69, 9.17) is 0 Å². The standard InChI is InChI=1S/C23H38N2O/c1-2-3-4-5-6-7-14-19-25(20-21-15-10-8-11-16-21)23(26)24-22-17-12-9-13-18-22/h8,10-11,15-16,22H,2-7,9,12-14,17-20H2,1H3,(H,24,26). The molecule has 3 heteroatoms. The summed E-state index contributed by atoms with van der Waals surface area (Å²) in [5.74, 6) is 0. The van der Waals surface area contributed by atoms with E-state index in [2.05, 4.69) is 36.5 Å². The number of nitrogens with one attached hydrogen (secondary N) is 1. The van der Waals surface area contributed by atoms with Crippen molar-refractivity contribution < 1.29 is 4.79 Å². The molecule has 2 amide bonds. The molecule has 26 heavy (non-hydrogen) atoms. The number of unbranched alkanes of at least 4 members (excludes halogenated alkanes) is 6. The van der Waals surface area contributed by atoms with Crippen LogP contribution < -0.4 is 5.32 Å². The molecule has 0 radical (unpaired) electrons. The highest BCUT2D eigenvalue weighted by molar-refractivity contribution is 5.74. The normalized spacial score (nSPS) is 15.0. The highest BCUT2D eigenvalue weighted by atomic mass is 16.2. The zero-order valence-electron chi connectivity index (χ0n) is 16.7. The van der Waals surface area contributed by atoms with E-state index in [0.29, 0.717) is 6.04 Å². The first kappa shape index (κ1) is 20.8. The molecule has 0 bridgehead atoms. The fourth-order valence-electron chi connectivity index (χ4n) is 3.83. The van der Waals surface area contributed by atoms with Crippen LogP contribution in [0.4, 0.5) is 4.79 Å². The molecule has 0 spiro atoms. The molecule has 3 nitrogen and oxygen atoms in total. The third-order valence-electron chi connectivity index (χ3n) is 5.47. The van der Waals surface area contributed by atoms with Gasteiger partial charge in [0.05, 0.1) is 0 Å². The minimum absolute atomic E-state index is 0.131. The van der Waals surface area contributed by atoms with E-state index in [1.54, 1.807) is 0 Å². The zero-order valence-corrected chi connectivity index (χ0v) is 16.7. The second kappa shape index (κ2) is 12.8. The monoisotopic (exact) mass is 358 g/mol. The summed E-state index contributed by atoms with van der Waals surface area (Å²) in [7, 11) is 0. The van der Waals surface area contributed by atoms with Crippen molar-refractivity contribution >= 4 is 6.03 Å². The van der Waals surface area contributed by atoms with Crippen LogP contribution in [0, 0.1) is 0 Å². The minimum Gasteiger partial charge on any atom is -0.335 e. The van der Waals surface area contributed by atoms with Gasteiger partial charge in [-0.1, -0.05) is 95.0 Å². The lowest BCUT2D eigenvalue weighted by molar-refractivity contribution is 0.186. The van der Waals surface area contributed by atoms with E-state index in [-0.39, 0.29) is 6.03 Å². The molecule has 1 fully saturated rings. The molecule has 146 valence electrons. The van der Waals surface area contributed by atoms with Gasteiger partial charge in [-0.2, -0.15) is 0 Å². The Hall–Kier alpha value is -1.51. The van der Waals surface area contributed by atoms with Crippen LogP contribution in [0.15, 0.2) is 30.3 Å². The van der Waals surface area contributed by atoms with Gasteiger partial charge in [0.2, 0.25) is 0 Å². The van der Waals surface area contributed by atoms with Gasteiger partial charge in [0.1, 0.15) is 0 Å². The first-order valence-electron chi connectivity index (χ1n) is 10.9. The van der Waals surface area contributed by atoms with Crippen molar-refractivity contribution in [1.29, 1.82) is 0 Å². The molecular weight excluding hydrogens is 320 g/mol. The molecule has 1 aliphatic rings. The molecule has 0 atom stereocenters. The van der Waals surface area contributed by atoms with Crippen molar-refractivity contribution in [2.45, 2.75) is 96.6 Å². The molecule has 0 saturated heterocycles. The number of nitrogens with zero attached hydrogens (tertiary/aromatic N) is 1. The summed E-state index contributed by atoms with van der Waals surface area (Å²) >= 11 is 0. The highest BCUT2D eigenvalue weighted by Gasteiger charge is 2.19. The Bertz CT molecular complexity index is 482. The topological polar surface area (TPSA) is 32.3 Å². The summed E-state index contributed by atoms with van der Waals surface area (Å²) in [6.45, 7) is 3.84. The largest absolute Gasteiger partial charge is 0.335 e. The maximum absolute atomic E-state index is 12.8. The number of urea groups is 1. The summed E-state index contributed by atoms with van der Waals surface area (Å²) < 4.78 is 0. The molecular formula is C23H38N2O. The summed E-state index contributed by atoms with van der Waals surface area (Å²) in [6.07, 6.45) is 15.1. The van der Waals surface area contributed by atoms with Crippen LogP contribution in [0.1, 0.15) is 89.5 Å². The van der Waals surface area contributed by atoms with Crippen molar-refractivity contribution in [3.05, 3.63) is 35.9 Å². The molecule has 1 N–H and O–H groups in total. The van der Waals surface area contributed by atoms with E-state index < -0.39 is 0 Å².